The van der Waals surface area contributed by atoms with E-state index in [1.54, 1.807) is 0 Å². The van der Waals surface area contributed by atoms with E-state index in [-0.39, 0.29) is 5.91 Å². The number of alkyl halides is 3. The number of benzene rings is 1. The molecule has 1 rings (SSSR count). The molecule has 1 aromatic carbocycles. The van der Waals surface area contributed by atoms with Gasteiger partial charge in [-0.25, -0.2) is 0 Å². The van der Waals surface area contributed by atoms with Gasteiger partial charge in [-0.2, -0.15) is 0 Å². The monoisotopic (exact) mass is 364 g/mol. The topological polar surface area (TPSA) is 41.1 Å². The number of rotatable bonds is 7. The normalized spacial score (nSPS) is 12.8. The molecule has 124 valence electrons. The molecule has 0 heterocycles. The summed E-state index contributed by atoms with van der Waals surface area (Å²) in [5.74, 6) is -0.123. The Balaban J connectivity index is 2.75. The van der Waals surface area contributed by atoms with Crippen molar-refractivity contribution in [2.45, 2.75) is 56.4 Å². The third-order valence-corrected chi connectivity index (χ3v) is 3.98. The first-order valence-electron chi connectivity index (χ1n) is 7.44. The van der Waals surface area contributed by atoms with Crippen LogP contribution in [-0.4, -0.2) is 15.9 Å². The molecule has 0 saturated carbocycles. The van der Waals surface area contributed by atoms with Crippen LogP contribution < -0.4 is 10.6 Å². The minimum absolute atomic E-state index is 0.123. The maximum absolute atomic E-state index is 12.0. The number of carbonyl (C=O) groups excluding carboxylic acids is 1. The molecular formula is C16H23Cl3N2O. The van der Waals surface area contributed by atoms with E-state index in [4.69, 9.17) is 34.8 Å². The first kappa shape index (κ1) is 19.4. The van der Waals surface area contributed by atoms with Crippen LogP contribution in [0.15, 0.2) is 18.2 Å². The van der Waals surface area contributed by atoms with Crippen LogP contribution in [0.1, 0.15) is 43.7 Å². The number of aryl methyl sites for hydroxylation is 2. The summed E-state index contributed by atoms with van der Waals surface area (Å²) in [4.78, 5) is 12.0. The molecule has 0 aliphatic rings. The van der Waals surface area contributed by atoms with Gasteiger partial charge < -0.3 is 10.6 Å². The van der Waals surface area contributed by atoms with Gasteiger partial charge in [-0.3, -0.25) is 4.79 Å². The maximum Gasteiger partial charge on any atom is 0.228 e. The molecule has 6 heteroatoms. The summed E-state index contributed by atoms with van der Waals surface area (Å²) in [5.41, 5.74) is 3.01. The number of carbonyl (C=O) groups is 1. The molecular weight excluding hydrogens is 343 g/mol. The number of hydrogen-bond acceptors (Lipinski definition) is 2. The molecule has 0 saturated heterocycles. The molecule has 1 atom stereocenters. The molecule has 1 amide bonds. The van der Waals surface area contributed by atoms with Crippen LogP contribution >= 0.6 is 34.8 Å². The Morgan fingerprint density at radius 1 is 1.23 bits per heavy atom. The second-order valence-electron chi connectivity index (χ2n) is 5.46. The number of amides is 1. The Labute approximate surface area is 147 Å². The Morgan fingerprint density at radius 3 is 2.45 bits per heavy atom. The second-order valence-corrected chi connectivity index (χ2v) is 7.83. The van der Waals surface area contributed by atoms with Crippen molar-refractivity contribution in [3.63, 3.8) is 0 Å². The van der Waals surface area contributed by atoms with E-state index in [2.05, 4.69) is 17.6 Å². The zero-order valence-electron chi connectivity index (χ0n) is 13.2. The van der Waals surface area contributed by atoms with Crippen LogP contribution in [0.5, 0.6) is 0 Å². The van der Waals surface area contributed by atoms with Gasteiger partial charge in [-0.1, -0.05) is 72.3 Å². The summed E-state index contributed by atoms with van der Waals surface area (Å²) in [6, 6.07) is 5.91. The minimum atomic E-state index is -1.64. The first-order valence-corrected chi connectivity index (χ1v) is 8.57. The molecule has 22 heavy (non-hydrogen) atoms. The highest BCUT2D eigenvalue weighted by Crippen LogP contribution is 2.32. The number of hydrogen-bond donors (Lipinski definition) is 2. The van der Waals surface area contributed by atoms with E-state index in [0.29, 0.717) is 6.42 Å². The Kier molecular flexibility index (Phi) is 7.81. The molecule has 0 aliphatic heterocycles. The molecule has 1 unspecified atom stereocenters. The van der Waals surface area contributed by atoms with Gasteiger partial charge in [-0.15, -0.1) is 0 Å². The van der Waals surface area contributed by atoms with Crippen LogP contribution in [0.2, 0.25) is 0 Å². The lowest BCUT2D eigenvalue weighted by molar-refractivity contribution is -0.121. The van der Waals surface area contributed by atoms with Crippen molar-refractivity contribution in [2.75, 3.05) is 5.32 Å². The van der Waals surface area contributed by atoms with Crippen LogP contribution in [0.4, 0.5) is 5.69 Å². The zero-order valence-corrected chi connectivity index (χ0v) is 15.4. The molecule has 2 N–H and O–H groups in total. The van der Waals surface area contributed by atoms with Crippen LogP contribution in [0.3, 0.4) is 0 Å². The van der Waals surface area contributed by atoms with E-state index in [0.717, 1.165) is 36.1 Å². The fraction of sp³-hybridized carbons (Fsp3) is 0.562. The molecule has 0 radical (unpaired) electrons. The standard InChI is InChI=1S/C16H23Cl3N2O/c1-4-5-6-7-14(22)21-15(16(17,18)19)20-13-9-8-11(2)10-12(13)3/h8-10,15,20H,4-7H2,1-3H3,(H,21,22). The third-order valence-electron chi connectivity index (χ3n) is 3.32. The van der Waals surface area contributed by atoms with Gasteiger partial charge in [0.05, 0.1) is 0 Å². The number of unbranched alkanes of at least 4 members (excludes halogenated alkanes) is 2. The first-order chi connectivity index (χ1) is 10.2. The van der Waals surface area contributed by atoms with Crippen molar-refractivity contribution in [3.05, 3.63) is 29.3 Å². The highest BCUT2D eigenvalue weighted by atomic mass is 35.6. The molecule has 0 aliphatic carbocycles. The van der Waals surface area contributed by atoms with Gasteiger partial charge in [0.25, 0.3) is 0 Å². The second kappa shape index (κ2) is 8.85. The van der Waals surface area contributed by atoms with E-state index in [9.17, 15) is 4.79 Å². The molecule has 0 spiro atoms. The zero-order chi connectivity index (χ0) is 16.8. The van der Waals surface area contributed by atoms with Crippen molar-refractivity contribution >= 4 is 46.4 Å². The SMILES string of the molecule is CCCCCC(=O)NC(Nc1ccc(C)cc1C)C(Cl)(Cl)Cl. The fourth-order valence-electron chi connectivity index (χ4n) is 2.10. The summed E-state index contributed by atoms with van der Waals surface area (Å²) in [5, 5.41) is 5.87. The summed E-state index contributed by atoms with van der Waals surface area (Å²) >= 11 is 18.0. The van der Waals surface area contributed by atoms with Gasteiger partial charge in [-0.05, 0) is 31.9 Å². The van der Waals surface area contributed by atoms with Crippen LogP contribution in [0.25, 0.3) is 0 Å². The molecule has 1 aromatic rings. The van der Waals surface area contributed by atoms with Crippen molar-refractivity contribution in [1.29, 1.82) is 0 Å². The fourth-order valence-corrected chi connectivity index (χ4v) is 2.43. The van der Waals surface area contributed by atoms with Crippen molar-refractivity contribution in [1.82, 2.24) is 5.32 Å². The Hall–Kier alpha value is -0.640. The average Bonchev–Trinajstić information content (AvgIpc) is 2.40. The lowest BCUT2D eigenvalue weighted by Gasteiger charge is -2.28. The van der Waals surface area contributed by atoms with Crippen molar-refractivity contribution in [3.8, 4) is 0 Å². The minimum Gasteiger partial charge on any atom is -0.362 e. The van der Waals surface area contributed by atoms with Gasteiger partial charge in [0.15, 0.2) is 0 Å². The van der Waals surface area contributed by atoms with Gasteiger partial charge >= 0.3 is 0 Å². The number of halogens is 3. The summed E-state index contributed by atoms with van der Waals surface area (Å²) < 4.78 is -1.64. The largest absolute Gasteiger partial charge is 0.362 e. The van der Waals surface area contributed by atoms with Crippen LogP contribution in [-0.2, 0) is 4.79 Å². The van der Waals surface area contributed by atoms with Gasteiger partial charge in [0, 0.05) is 12.1 Å². The predicted octanol–water partition coefficient (Wildman–Crippen LogP) is 5.11. The summed E-state index contributed by atoms with van der Waals surface area (Å²) in [6.07, 6.45) is 2.55. The van der Waals surface area contributed by atoms with Crippen LogP contribution in [0, 0.1) is 13.8 Å². The molecule has 0 aromatic heterocycles. The lowest BCUT2D eigenvalue weighted by Crippen LogP contribution is -2.49. The average molecular weight is 366 g/mol. The number of nitrogens with one attached hydrogen (secondary N) is 2. The van der Waals surface area contributed by atoms with Gasteiger partial charge in [0.1, 0.15) is 6.17 Å². The molecule has 0 bridgehead atoms. The maximum atomic E-state index is 12.0. The lowest BCUT2D eigenvalue weighted by atomic mass is 10.1. The summed E-state index contributed by atoms with van der Waals surface area (Å²) in [7, 11) is 0. The van der Waals surface area contributed by atoms with Crippen molar-refractivity contribution in [2.24, 2.45) is 0 Å². The quantitative estimate of drug-likeness (QED) is 0.400. The van der Waals surface area contributed by atoms with Gasteiger partial charge in [0.2, 0.25) is 9.70 Å². The molecule has 0 fully saturated rings. The summed E-state index contributed by atoms with van der Waals surface area (Å²) in [6.45, 7) is 6.07. The Morgan fingerprint density at radius 2 is 1.91 bits per heavy atom. The number of anilines is 1. The molecule has 3 nitrogen and oxygen atoms in total. The highest BCUT2D eigenvalue weighted by molar-refractivity contribution is 6.68. The van der Waals surface area contributed by atoms with E-state index < -0.39 is 9.96 Å². The third kappa shape index (κ3) is 6.64. The Bertz CT molecular complexity index is 501. The smallest absolute Gasteiger partial charge is 0.228 e. The van der Waals surface area contributed by atoms with E-state index >= 15 is 0 Å². The van der Waals surface area contributed by atoms with E-state index in [1.807, 2.05) is 32.0 Å². The van der Waals surface area contributed by atoms with E-state index in [1.165, 1.54) is 0 Å². The van der Waals surface area contributed by atoms with Crippen molar-refractivity contribution < 1.29 is 4.79 Å². The highest BCUT2D eigenvalue weighted by Gasteiger charge is 2.34. The predicted molar refractivity (Wildman–Crippen MR) is 95.9 cm³/mol.